The first-order chi connectivity index (χ1) is 8.99. The van der Waals surface area contributed by atoms with E-state index in [4.69, 9.17) is 0 Å². The summed E-state index contributed by atoms with van der Waals surface area (Å²) in [4.78, 5) is 15.7. The zero-order valence-electron chi connectivity index (χ0n) is 13.1. The second-order valence-electron chi connectivity index (χ2n) is 6.24. The molecular formula is C15H31N3O. The Hall–Kier alpha value is -0.610. The minimum Gasteiger partial charge on any atom is -0.349 e. The van der Waals surface area contributed by atoms with Crippen molar-refractivity contribution < 1.29 is 4.79 Å². The zero-order valence-corrected chi connectivity index (χ0v) is 13.1. The van der Waals surface area contributed by atoms with Crippen LogP contribution in [0.5, 0.6) is 0 Å². The molecule has 0 saturated carbocycles. The highest BCUT2D eigenvalue weighted by Crippen LogP contribution is 2.16. The number of carbonyl (C=O) groups is 1. The molecule has 0 radical (unpaired) electrons. The number of piperidine rings is 1. The minimum atomic E-state index is 0.246. The maximum absolute atomic E-state index is 11.5. The number of hydrogen-bond donors (Lipinski definition) is 1. The molecule has 0 atom stereocenters. The fourth-order valence-electron chi connectivity index (χ4n) is 2.49. The average molecular weight is 269 g/mol. The molecule has 19 heavy (non-hydrogen) atoms. The van der Waals surface area contributed by atoms with E-state index >= 15 is 0 Å². The Morgan fingerprint density at radius 3 is 2.47 bits per heavy atom. The van der Waals surface area contributed by atoms with Crippen LogP contribution in [0.2, 0.25) is 0 Å². The molecular weight excluding hydrogens is 238 g/mol. The van der Waals surface area contributed by atoms with Crippen LogP contribution in [0.4, 0.5) is 0 Å². The summed E-state index contributed by atoms with van der Waals surface area (Å²) in [6.07, 6.45) is 4.26. The Morgan fingerprint density at radius 2 is 1.95 bits per heavy atom. The lowest BCUT2D eigenvalue weighted by molar-refractivity contribution is -0.128. The van der Waals surface area contributed by atoms with Crippen LogP contribution in [0.25, 0.3) is 0 Å². The first-order valence-electron chi connectivity index (χ1n) is 7.65. The Morgan fingerprint density at radius 1 is 1.32 bits per heavy atom. The average Bonchev–Trinajstić information content (AvgIpc) is 2.37. The number of carbonyl (C=O) groups excluding carboxylic acids is 1. The van der Waals surface area contributed by atoms with Crippen LogP contribution < -0.4 is 5.32 Å². The van der Waals surface area contributed by atoms with Gasteiger partial charge in [0.1, 0.15) is 0 Å². The highest BCUT2D eigenvalue weighted by atomic mass is 16.2. The van der Waals surface area contributed by atoms with Gasteiger partial charge in [-0.1, -0.05) is 13.8 Å². The quantitative estimate of drug-likeness (QED) is 0.762. The van der Waals surface area contributed by atoms with Crippen LogP contribution in [0.3, 0.4) is 0 Å². The smallest absolute Gasteiger partial charge is 0.222 e. The van der Waals surface area contributed by atoms with Gasteiger partial charge in [-0.15, -0.1) is 0 Å². The van der Waals surface area contributed by atoms with Crippen molar-refractivity contribution in [1.29, 1.82) is 0 Å². The van der Waals surface area contributed by atoms with E-state index in [-0.39, 0.29) is 5.91 Å². The van der Waals surface area contributed by atoms with Gasteiger partial charge in [-0.3, -0.25) is 4.79 Å². The highest BCUT2D eigenvalue weighted by molar-refractivity contribution is 5.75. The molecule has 1 rings (SSSR count). The number of rotatable bonds is 7. The molecule has 1 amide bonds. The molecule has 1 N–H and O–H groups in total. The molecule has 4 nitrogen and oxygen atoms in total. The van der Waals surface area contributed by atoms with Crippen molar-refractivity contribution in [3.05, 3.63) is 0 Å². The largest absolute Gasteiger partial charge is 0.349 e. The molecule has 1 aliphatic heterocycles. The fraction of sp³-hybridized carbons (Fsp3) is 0.933. The molecule has 0 aliphatic carbocycles. The minimum absolute atomic E-state index is 0.246. The third-order valence-corrected chi connectivity index (χ3v) is 3.89. The van der Waals surface area contributed by atoms with E-state index in [2.05, 4.69) is 24.1 Å². The second-order valence-corrected chi connectivity index (χ2v) is 6.24. The fourth-order valence-corrected chi connectivity index (χ4v) is 2.49. The van der Waals surface area contributed by atoms with Gasteiger partial charge in [0.05, 0.1) is 0 Å². The lowest BCUT2D eigenvalue weighted by Crippen LogP contribution is -2.39. The third kappa shape index (κ3) is 6.92. The topological polar surface area (TPSA) is 35.6 Å². The molecule has 0 bridgehead atoms. The number of likely N-dealkylation sites (tertiary alicyclic amines) is 1. The van der Waals surface area contributed by atoms with Gasteiger partial charge >= 0.3 is 0 Å². The van der Waals surface area contributed by atoms with Gasteiger partial charge in [-0.05, 0) is 51.4 Å². The van der Waals surface area contributed by atoms with Gasteiger partial charge in [0, 0.05) is 26.6 Å². The summed E-state index contributed by atoms with van der Waals surface area (Å²) < 4.78 is 0. The maximum atomic E-state index is 11.5. The normalized spacial score (nSPS) is 17.9. The van der Waals surface area contributed by atoms with Gasteiger partial charge in [0.2, 0.25) is 5.91 Å². The van der Waals surface area contributed by atoms with E-state index < -0.39 is 0 Å². The van der Waals surface area contributed by atoms with E-state index in [1.807, 2.05) is 14.1 Å². The van der Waals surface area contributed by atoms with Crippen LogP contribution in [0.1, 0.15) is 39.5 Å². The van der Waals surface area contributed by atoms with Gasteiger partial charge in [0.15, 0.2) is 0 Å². The van der Waals surface area contributed by atoms with Gasteiger partial charge < -0.3 is 15.1 Å². The number of hydrogen-bond acceptors (Lipinski definition) is 3. The lowest BCUT2D eigenvalue weighted by atomic mass is 9.96. The van der Waals surface area contributed by atoms with Gasteiger partial charge in [0.25, 0.3) is 0 Å². The predicted molar refractivity (Wildman–Crippen MR) is 80.2 cm³/mol. The molecule has 1 saturated heterocycles. The van der Waals surface area contributed by atoms with Crippen molar-refractivity contribution in [2.24, 2.45) is 5.92 Å². The molecule has 112 valence electrons. The Labute approximate surface area is 118 Å². The van der Waals surface area contributed by atoms with Crippen LogP contribution in [-0.4, -0.2) is 62.0 Å². The monoisotopic (exact) mass is 269 g/mol. The molecule has 0 unspecified atom stereocenters. The third-order valence-electron chi connectivity index (χ3n) is 3.89. The second kappa shape index (κ2) is 8.54. The molecule has 1 aliphatic rings. The van der Waals surface area contributed by atoms with E-state index in [0.717, 1.165) is 25.4 Å². The number of amides is 1. The zero-order chi connectivity index (χ0) is 14.3. The number of nitrogens with zero attached hydrogens (tertiary/aromatic N) is 2. The Balaban J connectivity index is 2.08. The van der Waals surface area contributed by atoms with Gasteiger partial charge in [-0.2, -0.15) is 0 Å². The van der Waals surface area contributed by atoms with Crippen LogP contribution >= 0.6 is 0 Å². The van der Waals surface area contributed by atoms with Crippen molar-refractivity contribution in [2.45, 2.75) is 45.6 Å². The van der Waals surface area contributed by atoms with Crippen LogP contribution in [-0.2, 0) is 4.79 Å². The molecule has 1 heterocycles. The highest BCUT2D eigenvalue weighted by Gasteiger charge is 2.19. The molecule has 1 fully saturated rings. The summed E-state index contributed by atoms with van der Waals surface area (Å²) in [6.45, 7) is 9.03. The maximum Gasteiger partial charge on any atom is 0.222 e. The van der Waals surface area contributed by atoms with Crippen molar-refractivity contribution in [1.82, 2.24) is 15.1 Å². The molecule has 0 spiro atoms. The molecule has 4 heteroatoms. The summed E-state index contributed by atoms with van der Waals surface area (Å²) in [5.41, 5.74) is 0. The van der Waals surface area contributed by atoms with Crippen molar-refractivity contribution in [3.63, 3.8) is 0 Å². The van der Waals surface area contributed by atoms with Crippen molar-refractivity contribution in [2.75, 3.05) is 40.3 Å². The summed E-state index contributed by atoms with van der Waals surface area (Å²) in [6, 6.07) is 0.593. The Bertz CT molecular complexity index is 258. The predicted octanol–water partition coefficient (Wildman–Crippen LogP) is 1.56. The first kappa shape index (κ1) is 16.4. The lowest BCUT2D eigenvalue weighted by Gasteiger charge is -2.32. The van der Waals surface area contributed by atoms with E-state index in [1.54, 1.807) is 4.90 Å². The summed E-state index contributed by atoms with van der Waals surface area (Å²) in [5.74, 6) is 1.08. The summed E-state index contributed by atoms with van der Waals surface area (Å²) in [5, 5.41) is 3.53. The van der Waals surface area contributed by atoms with Crippen LogP contribution in [0, 0.1) is 5.92 Å². The van der Waals surface area contributed by atoms with Crippen molar-refractivity contribution >= 4 is 5.91 Å². The molecule has 0 aromatic heterocycles. The van der Waals surface area contributed by atoms with E-state index in [9.17, 15) is 4.79 Å². The van der Waals surface area contributed by atoms with E-state index in [0.29, 0.717) is 12.5 Å². The van der Waals surface area contributed by atoms with E-state index in [1.165, 1.54) is 25.9 Å². The first-order valence-corrected chi connectivity index (χ1v) is 7.65. The summed E-state index contributed by atoms with van der Waals surface area (Å²) >= 11 is 0. The SMILES string of the molecule is CC(C)NCC1CCN(CCCC(=O)N(C)C)CC1. The van der Waals surface area contributed by atoms with Crippen molar-refractivity contribution in [3.8, 4) is 0 Å². The van der Waals surface area contributed by atoms with Crippen LogP contribution in [0.15, 0.2) is 0 Å². The summed E-state index contributed by atoms with van der Waals surface area (Å²) in [7, 11) is 3.66. The molecule has 0 aromatic rings. The standard InChI is InChI=1S/C15H31N3O/c1-13(2)16-12-14-7-10-18(11-8-14)9-5-6-15(19)17(3)4/h13-14,16H,5-12H2,1-4H3. The Kier molecular flexibility index (Phi) is 7.39. The van der Waals surface area contributed by atoms with Gasteiger partial charge in [-0.25, -0.2) is 0 Å². The molecule has 0 aromatic carbocycles. The number of nitrogens with one attached hydrogen (secondary N) is 1.